The molecule has 0 aliphatic heterocycles. The SMILES string of the molecule is CC(C)(CCl)CNc1nc2ccccc2s1. The number of nitrogens with zero attached hydrogens (tertiary/aromatic N) is 1. The summed E-state index contributed by atoms with van der Waals surface area (Å²) >= 11 is 7.56. The van der Waals surface area contributed by atoms with Crippen molar-refractivity contribution in [3.05, 3.63) is 24.3 Å². The molecule has 0 saturated carbocycles. The number of nitrogens with one attached hydrogen (secondary N) is 1. The van der Waals surface area contributed by atoms with Crippen molar-refractivity contribution in [1.29, 1.82) is 0 Å². The number of anilines is 1. The van der Waals surface area contributed by atoms with Crippen LogP contribution in [0.2, 0.25) is 0 Å². The van der Waals surface area contributed by atoms with E-state index in [4.69, 9.17) is 11.6 Å². The Labute approximate surface area is 105 Å². The van der Waals surface area contributed by atoms with E-state index in [1.54, 1.807) is 11.3 Å². The normalized spacial score (nSPS) is 11.9. The van der Waals surface area contributed by atoms with Crippen LogP contribution in [-0.4, -0.2) is 17.4 Å². The van der Waals surface area contributed by atoms with E-state index in [-0.39, 0.29) is 5.41 Å². The van der Waals surface area contributed by atoms with Gasteiger partial charge in [0.25, 0.3) is 0 Å². The zero-order chi connectivity index (χ0) is 11.6. The van der Waals surface area contributed by atoms with Crippen molar-refractivity contribution in [3.63, 3.8) is 0 Å². The third-order valence-electron chi connectivity index (χ3n) is 2.37. The number of halogens is 1. The fourth-order valence-electron chi connectivity index (χ4n) is 1.31. The number of thiazole rings is 1. The first-order chi connectivity index (χ1) is 7.61. The number of fused-ring (bicyclic) bond motifs is 1. The van der Waals surface area contributed by atoms with Crippen molar-refractivity contribution < 1.29 is 0 Å². The van der Waals surface area contributed by atoms with Crippen LogP contribution in [0.3, 0.4) is 0 Å². The molecule has 0 aliphatic carbocycles. The van der Waals surface area contributed by atoms with Crippen LogP contribution in [0.4, 0.5) is 5.13 Å². The predicted octanol–water partition coefficient (Wildman–Crippen LogP) is 3.97. The van der Waals surface area contributed by atoms with E-state index < -0.39 is 0 Å². The number of rotatable bonds is 4. The molecule has 0 aliphatic rings. The molecule has 1 heterocycles. The summed E-state index contributed by atoms with van der Waals surface area (Å²) in [6.45, 7) is 5.12. The molecule has 2 rings (SSSR count). The largest absolute Gasteiger partial charge is 0.361 e. The number of hydrogen-bond acceptors (Lipinski definition) is 3. The van der Waals surface area contributed by atoms with Crippen molar-refractivity contribution in [2.45, 2.75) is 13.8 Å². The van der Waals surface area contributed by atoms with Gasteiger partial charge in [0.15, 0.2) is 5.13 Å². The first-order valence-corrected chi connectivity index (χ1v) is 6.61. The van der Waals surface area contributed by atoms with Crippen molar-refractivity contribution in [1.82, 2.24) is 4.98 Å². The summed E-state index contributed by atoms with van der Waals surface area (Å²) in [5.41, 5.74) is 1.15. The second-order valence-electron chi connectivity index (χ2n) is 4.64. The molecule has 0 bridgehead atoms. The van der Waals surface area contributed by atoms with Gasteiger partial charge in [0.05, 0.1) is 10.2 Å². The van der Waals surface area contributed by atoms with E-state index in [1.165, 1.54) is 4.70 Å². The van der Waals surface area contributed by atoms with Crippen molar-refractivity contribution in [2.24, 2.45) is 5.41 Å². The summed E-state index contributed by atoms with van der Waals surface area (Å²) in [4.78, 5) is 4.51. The quantitative estimate of drug-likeness (QED) is 0.835. The van der Waals surface area contributed by atoms with Gasteiger partial charge >= 0.3 is 0 Å². The van der Waals surface area contributed by atoms with Crippen LogP contribution >= 0.6 is 22.9 Å². The maximum atomic E-state index is 5.88. The van der Waals surface area contributed by atoms with E-state index in [0.29, 0.717) is 5.88 Å². The van der Waals surface area contributed by atoms with Crippen LogP contribution in [0.1, 0.15) is 13.8 Å². The smallest absolute Gasteiger partial charge is 0.183 e. The summed E-state index contributed by atoms with van der Waals surface area (Å²) < 4.78 is 1.22. The van der Waals surface area contributed by atoms with Gasteiger partial charge in [0.1, 0.15) is 0 Å². The summed E-state index contributed by atoms with van der Waals surface area (Å²) in [5, 5.41) is 4.32. The number of benzene rings is 1. The number of alkyl halides is 1. The minimum absolute atomic E-state index is 0.0966. The Kier molecular flexibility index (Phi) is 3.36. The summed E-state index contributed by atoms with van der Waals surface area (Å²) in [5.74, 6) is 0.644. The lowest BCUT2D eigenvalue weighted by atomic mass is 9.97. The molecule has 2 nitrogen and oxygen atoms in total. The Morgan fingerprint density at radius 1 is 1.38 bits per heavy atom. The van der Waals surface area contributed by atoms with E-state index >= 15 is 0 Å². The standard InChI is InChI=1S/C12H15ClN2S/c1-12(2,7-13)8-14-11-15-9-5-3-4-6-10(9)16-11/h3-6H,7-8H2,1-2H3,(H,14,15). The van der Waals surface area contributed by atoms with Gasteiger partial charge in [-0.2, -0.15) is 0 Å². The minimum atomic E-state index is 0.0966. The molecular weight excluding hydrogens is 240 g/mol. The lowest BCUT2D eigenvalue weighted by molar-refractivity contribution is 0.450. The highest BCUT2D eigenvalue weighted by Gasteiger charge is 2.16. The molecule has 0 fully saturated rings. The molecule has 0 unspecified atom stereocenters. The second kappa shape index (κ2) is 4.60. The average molecular weight is 255 g/mol. The monoisotopic (exact) mass is 254 g/mol. The number of aromatic nitrogens is 1. The third kappa shape index (κ3) is 2.66. The Morgan fingerprint density at radius 3 is 2.81 bits per heavy atom. The average Bonchev–Trinajstić information content (AvgIpc) is 2.69. The first kappa shape index (κ1) is 11.7. The molecule has 1 aromatic carbocycles. The van der Waals surface area contributed by atoms with Gasteiger partial charge in [-0.1, -0.05) is 37.3 Å². The maximum absolute atomic E-state index is 5.88. The van der Waals surface area contributed by atoms with Crippen LogP contribution < -0.4 is 5.32 Å². The predicted molar refractivity (Wildman–Crippen MR) is 72.6 cm³/mol. The fraction of sp³-hybridized carbons (Fsp3) is 0.417. The highest BCUT2D eigenvalue weighted by Crippen LogP contribution is 2.26. The zero-order valence-electron chi connectivity index (χ0n) is 9.46. The Morgan fingerprint density at radius 2 is 2.12 bits per heavy atom. The van der Waals surface area contributed by atoms with Crippen molar-refractivity contribution in [3.8, 4) is 0 Å². The van der Waals surface area contributed by atoms with E-state index in [2.05, 4.69) is 30.2 Å². The van der Waals surface area contributed by atoms with E-state index in [9.17, 15) is 0 Å². The molecule has 1 aromatic heterocycles. The number of para-hydroxylation sites is 1. The Balaban J connectivity index is 2.10. The highest BCUT2D eigenvalue weighted by molar-refractivity contribution is 7.22. The third-order valence-corrected chi connectivity index (χ3v) is 4.09. The Hall–Kier alpha value is -0.800. The molecule has 1 N–H and O–H groups in total. The highest BCUT2D eigenvalue weighted by atomic mass is 35.5. The van der Waals surface area contributed by atoms with Crippen LogP contribution in [0.25, 0.3) is 10.2 Å². The molecular formula is C12H15ClN2S. The molecule has 0 saturated heterocycles. The molecule has 0 atom stereocenters. The minimum Gasteiger partial charge on any atom is -0.361 e. The topological polar surface area (TPSA) is 24.9 Å². The van der Waals surface area contributed by atoms with Crippen LogP contribution in [0, 0.1) is 5.41 Å². The van der Waals surface area contributed by atoms with Gasteiger partial charge < -0.3 is 5.32 Å². The van der Waals surface area contributed by atoms with Crippen LogP contribution in [0.15, 0.2) is 24.3 Å². The van der Waals surface area contributed by atoms with Crippen molar-refractivity contribution in [2.75, 3.05) is 17.7 Å². The lowest BCUT2D eigenvalue weighted by Crippen LogP contribution is -2.24. The maximum Gasteiger partial charge on any atom is 0.183 e. The second-order valence-corrected chi connectivity index (χ2v) is 5.94. The van der Waals surface area contributed by atoms with Gasteiger partial charge in [-0.05, 0) is 17.5 Å². The summed E-state index contributed by atoms with van der Waals surface area (Å²) in [7, 11) is 0. The molecule has 0 spiro atoms. The molecule has 16 heavy (non-hydrogen) atoms. The fourth-order valence-corrected chi connectivity index (χ4v) is 2.27. The molecule has 0 radical (unpaired) electrons. The summed E-state index contributed by atoms with van der Waals surface area (Å²) in [6, 6.07) is 8.16. The number of hydrogen-bond donors (Lipinski definition) is 1. The van der Waals surface area contributed by atoms with Gasteiger partial charge in [0.2, 0.25) is 0 Å². The first-order valence-electron chi connectivity index (χ1n) is 5.26. The molecule has 2 aromatic rings. The molecule has 0 amide bonds. The summed E-state index contributed by atoms with van der Waals surface area (Å²) in [6.07, 6.45) is 0. The lowest BCUT2D eigenvalue weighted by Gasteiger charge is -2.21. The van der Waals surface area contributed by atoms with E-state index in [0.717, 1.165) is 17.2 Å². The van der Waals surface area contributed by atoms with Crippen molar-refractivity contribution >= 4 is 38.3 Å². The molecule has 86 valence electrons. The van der Waals surface area contributed by atoms with Gasteiger partial charge in [0, 0.05) is 12.4 Å². The Bertz CT molecular complexity index is 446. The van der Waals surface area contributed by atoms with Crippen LogP contribution in [0.5, 0.6) is 0 Å². The van der Waals surface area contributed by atoms with Gasteiger partial charge in [-0.3, -0.25) is 0 Å². The zero-order valence-corrected chi connectivity index (χ0v) is 11.0. The van der Waals surface area contributed by atoms with Gasteiger partial charge in [-0.25, -0.2) is 4.98 Å². The van der Waals surface area contributed by atoms with E-state index in [1.807, 2.05) is 18.2 Å². The molecule has 4 heteroatoms. The van der Waals surface area contributed by atoms with Crippen LogP contribution in [-0.2, 0) is 0 Å². The van der Waals surface area contributed by atoms with Gasteiger partial charge in [-0.15, -0.1) is 11.6 Å².